The standard InChI is InChI=1S/C23H23N3O5/c1-13-21-17(22(28)14-5-10-18(30-3)19(11-14)31-4)12-20(27)24-23(21)26(25-13)15-6-8-16(29-2)9-7-15/h5-11,17H,12H2,1-4H3,(H,24,27). The fraction of sp³-hybridized carbons (Fsp3) is 0.261. The second-order valence-corrected chi connectivity index (χ2v) is 7.20. The van der Waals surface area contributed by atoms with Crippen molar-refractivity contribution < 1.29 is 23.8 Å². The molecule has 8 heteroatoms. The molecule has 0 fully saturated rings. The Balaban J connectivity index is 1.76. The summed E-state index contributed by atoms with van der Waals surface area (Å²) in [5, 5.41) is 7.49. The van der Waals surface area contributed by atoms with Gasteiger partial charge in [-0.1, -0.05) is 0 Å². The van der Waals surface area contributed by atoms with E-state index in [0.717, 1.165) is 11.3 Å². The predicted molar refractivity (Wildman–Crippen MR) is 115 cm³/mol. The number of hydrogen-bond donors (Lipinski definition) is 1. The highest BCUT2D eigenvalue weighted by Gasteiger charge is 2.36. The van der Waals surface area contributed by atoms with Gasteiger partial charge in [-0.2, -0.15) is 5.10 Å². The van der Waals surface area contributed by atoms with Crippen LogP contribution in [0.5, 0.6) is 17.2 Å². The van der Waals surface area contributed by atoms with E-state index in [9.17, 15) is 9.59 Å². The number of carbonyl (C=O) groups is 2. The first-order valence-corrected chi connectivity index (χ1v) is 9.76. The zero-order valence-electron chi connectivity index (χ0n) is 17.8. The third-order valence-corrected chi connectivity index (χ3v) is 5.40. The fourth-order valence-electron chi connectivity index (χ4n) is 3.87. The van der Waals surface area contributed by atoms with Gasteiger partial charge in [0.05, 0.1) is 38.6 Å². The van der Waals surface area contributed by atoms with Crippen LogP contribution in [0.25, 0.3) is 5.69 Å². The van der Waals surface area contributed by atoms with E-state index in [2.05, 4.69) is 10.4 Å². The Labute approximate surface area is 179 Å². The van der Waals surface area contributed by atoms with E-state index in [1.165, 1.54) is 14.2 Å². The molecule has 0 saturated heterocycles. The molecule has 1 unspecified atom stereocenters. The zero-order valence-corrected chi connectivity index (χ0v) is 17.8. The van der Waals surface area contributed by atoms with Crippen molar-refractivity contribution in [3.05, 3.63) is 59.3 Å². The van der Waals surface area contributed by atoms with Crippen LogP contribution in [-0.4, -0.2) is 42.8 Å². The fourth-order valence-corrected chi connectivity index (χ4v) is 3.87. The molecule has 3 aromatic rings. The number of hydrogen-bond acceptors (Lipinski definition) is 6. The zero-order chi connectivity index (χ0) is 22.1. The van der Waals surface area contributed by atoms with Crippen LogP contribution in [0.3, 0.4) is 0 Å². The highest BCUT2D eigenvalue weighted by atomic mass is 16.5. The van der Waals surface area contributed by atoms with Gasteiger partial charge in [-0.05, 0) is 49.4 Å². The predicted octanol–water partition coefficient (Wildman–Crippen LogP) is 3.52. The van der Waals surface area contributed by atoms with E-state index in [4.69, 9.17) is 14.2 Å². The first-order chi connectivity index (χ1) is 15.0. The molecule has 0 radical (unpaired) electrons. The second-order valence-electron chi connectivity index (χ2n) is 7.20. The van der Waals surface area contributed by atoms with E-state index in [1.807, 2.05) is 31.2 Å². The molecule has 1 aromatic heterocycles. The molecule has 1 amide bonds. The number of anilines is 1. The van der Waals surface area contributed by atoms with Crippen molar-refractivity contribution in [2.24, 2.45) is 0 Å². The number of nitrogens with zero attached hydrogens (tertiary/aromatic N) is 2. The molecule has 31 heavy (non-hydrogen) atoms. The Morgan fingerprint density at radius 3 is 2.39 bits per heavy atom. The summed E-state index contributed by atoms with van der Waals surface area (Å²) in [6.07, 6.45) is 0.0509. The lowest BCUT2D eigenvalue weighted by Crippen LogP contribution is -2.28. The average molecular weight is 421 g/mol. The van der Waals surface area contributed by atoms with Gasteiger partial charge in [0, 0.05) is 17.5 Å². The quantitative estimate of drug-likeness (QED) is 0.613. The van der Waals surface area contributed by atoms with Gasteiger partial charge in [0.1, 0.15) is 11.6 Å². The number of aromatic nitrogens is 2. The van der Waals surface area contributed by atoms with Gasteiger partial charge in [-0.15, -0.1) is 0 Å². The summed E-state index contributed by atoms with van der Waals surface area (Å²) in [7, 11) is 4.65. The number of fused-ring (bicyclic) bond motifs is 1. The monoisotopic (exact) mass is 421 g/mol. The van der Waals surface area contributed by atoms with E-state index < -0.39 is 5.92 Å². The van der Waals surface area contributed by atoms with Gasteiger partial charge >= 0.3 is 0 Å². The van der Waals surface area contributed by atoms with Crippen LogP contribution in [0.2, 0.25) is 0 Å². The normalized spacial score (nSPS) is 15.1. The summed E-state index contributed by atoms with van der Waals surface area (Å²) < 4.78 is 17.4. The SMILES string of the molecule is COc1ccc(-n2nc(C)c3c2NC(=O)CC3C(=O)c2ccc(OC)c(OC)c2)cc1. The van der Waals surface area contributed by atoms with Crippen molar-refractivity contribution in [2.75, 3.05) is 26.6 Å². The molecular formula is C23H23N3O5. The van der Waals surface area contributed by atoms with Crippen LogP contribution >= 0.6 is 0 Å². The first kappa shape index (κ1) is 20.5. The van der Waals surface area contributed by atoms with Crippen LogP contribution in [0, 0.1) is 6.92 Å². The molecule has 1 atom stereocenters. The van der Waals surface area contributed by atoms with E-state index in [1.54, 1.807) is 30.0 Å². The highest BCUT2D eigenvalue weighted by Crippen LogP contribution is 2.39. The van der Waals surface area contributed by atoms with Crippen molar-refractivity contribution in [3.8, 4) is 22.9 Å². The number of ketones is 1. The molecular weight excluding hydrogens is 398 g/mol. The minimum absolute atomic E-state index is 0.0509. The van der Waals surface area contributed by atoms with Crippen LogP contribution < -0.4 is 19.5 Å². The lowest BCUT2D eigenvalue weighted by atomic mass is 9.85. The number of methoxy groups -OCH3 is 3. The third-order valence-electron chi connectivity index (χ3n) is 5.40. The molecule has 2 aromatic carbocycles. The summed E-state index contributed by atoms with van der Waals surface area (Å²) in [4.78, 5) is 25.9. The summed E-state index contributed by atoms with van der Waals surface area (Å²) in [5.74, 6) is 1.16. The number of benzene rings is 2. The van der Waals surface area contributed by atoms with E-state index in [0.29, 0.717) is 34.3 Å². The van der Waals surface area contributed by atoms with Crippen molar-refractivity contribution in [3.63, 3.8) is 0 Å². The molecule has 4 rings (SSSR count). The Bertz CT molecular complexity index is 1150. The van der Waals surface area contributed by atoms with Crippen LogP contribution in [-0.2, 0) is 4.79 Å². The molecule has 1 N–H and O–H groups in total. The van der Waals surface area contributed by atoms with Crippen molar-refractivity contribution >= 4 is 17.5 Å². The number of rotatable bonds is 6. The lowest BCUT2D eigenvalue weighted by Gasteiger charge is -2.23. The number of Topliss-reactive ketones (excluding diaryl/α,β-unsaturated/α-hetero) is 1. The van der Waals surface area contributed by atoms with Gasteiger partial charge in [0.15, 0.2) is 17.3 Å². The largest absolute Gasteiger partial charge is 0.497 e. The Morgan fingerprint density at radius 1 is 1.03 bits per heavy atom. The number of ether oxygens (including phenoxy) is 3. The summed E-state index contributed by atoms with van der Waals surface area (Å²) in [5.41, 5.74) is 2.60. The van der Waals surface area contributed by atoms with Gasteiger partial charge in [-0.3, -0.25) is 9.59 Å². The number of carbonyl (C=O) groups excluding carboxylic acids is 2. The highest BCUT2D eigenvalue weighted by molar-refractivity contribution is 6.08. The number of nitrogens with one attached hydrogen (secondary N) is 1. The van der Waals surface area contributed by atoms with Gasteiger partial charge in [-0.25, -0.2) is 4.68 Å². The van der Waals surface area contributed by atoms with Crippen molar-refractivity contribution in [1.29, 1.82) is 0 Å². The molecule has 0 aliphatic carbocycles. The number of aryl methyl sites for hydroxylation is 1. The lowest BCUT2D eigenvalue weighted by molar-refractivity contribution is -0.116. The molecule has 0 saturated carbocycles. The van der Waals surface area contributed by atoms with Gasteiger partial charge in [0.2, 0.25) is 5.91 Å². The summed E-state index contributed by atoms with van der Waals surface area (Å²) >= 11 is 0. The molecule has 2 heterocycles. The minimum Gasteiger partial charge on any atom is -0.497 e. The molecule has 1 aliphatic heterocycles. The molecule has 0 bridgehead atoms. The second kappa shape index (κ2) is 8.14. The molecule has 0 spiro atoms. The third kappa shape index (κ3) is 3.61. The minimum atomic E-state index is -0.645. The Morgan fingerprint density at radius 2 is 1.74 bits per heavy atom. The summed E-state index contributed by atoms with van der Waals surface area (Å²) in [6.45, 7) is 1.84. The van der Waals surface area contributed by atoms with Gasteiger partial charge in [0.25, 0.3) is 0 Å². The smallest absolute Gasteiger partial charge is 0.226 e. The van der Waals surface area contributed by atoms with E-state index in [-0.39, 0.29) is 18.1 Å². The Kier molecular flexibility index (Phi) is 5.37. The maximum Gasteiger partial charge on any atom is 0.226 e. The van der Waals surface area contributed by atoms with Crippen LogP contribution in [0.4, 0.5) is 5.82 Å². The Hall–Kier alpha value is -3.81. The molecule has 1 aliphatic rings. The van der Waals surface area contributed by atoms with Crippen LogP contribution in [0.1, 0.15) is 34.0 Å². The van der Waals surface area contributed by atoms with Crippen molar-refractivity contribution in [2.45, 2.75) is 19.3 Å². The maximum atomic E-state index is 13.4. The topological polar surface area (TPSA) is 91.7 Å². The van der Waals surface area contributed by atoms with Crippen LogP contribution in [0.15, 0.2) is 42.5 Å². The molecule has 8 nitrogen and oxygen atoms in total. The van der Waals surface area contributed by atoms with E-state index >= 15 is 0 Å². The van der Waals surface area contributed by atoms with Gasteiger partial charge < -0.3 is 19.5 Å². The maximum absolute atomic E-state index is 13.4. The number of amides is 1. The summed E-state index contributed by atoms with van der Waals surface area (Å²) in [6, 6.07) is 12.3. The van der Waals surface area contributed by atoms with Crippen molar-refractivity contribution in [1.82, 2.24) is 9.78 Å². The first-order valence-electron chi connectivity index (χ1n) is 9.76. The molecule has 160 valence electrons. The average Bonchev–Trinajstić information content (AvgIpc) is 3.13.